The van der Waals surface area contributed by atoms with E-state index in [1.807, 2.05) is 0 Å². The van der Waals surface area contributed by atoms with Gasteiger partial charge < -0.3 is 0 Å². The summed E-state index contributed by atoms with van der Waals surface area (Å²) in [5.74, 6) is 0.709. The summed E-state index contributed by atoms with van der Waals surface area (Å²) in [5.41, 5.74) is 6.33. The van der Waals surface area contributed by atoms with Crippen molar-refractivity contribution >= 4 is 5.57 Å². The van der Waals surface area contributed by atoms with Gasteiger partial charge in [0.25, 0.3) is 0 Å². The molecule has 0 fully saturated rings. The molecule has 1 atom stereocenters. The Morgan fingerprint density at radius 1 is 1.06 bits per heavy atom. The molecule has 1 aromatic carbocycles. The molecule has 0 saturated carbocycles. The van der Waals surface area contributed by atoms with Crippen molar-refractivity contribution in [1.29, 1.82) is 0 Å². The molecule has 0 heteroatoms. The third kappa shape index (κ3) is 1.81. The second-order valence-corrected chi connectivity index (χ2v) is 4.83. The van der Waals surface area contributed by atoms with Gasteiger partial charge in [0.2, 0.25) is 0 Å². The van der Waals surface area contributed by atoms with Crippen molar-refractivity contribution in [2.45, 2.75) is 52.4 Å². The van der Waals surface area contributed by atoms with Crippen LogP contribution in [-0.4, -0.2) is 0 Å². The topological polar surface area (TPSA) is 0 Å². The molecular weight excluding hydrogens is 192 g/mol. The van der Waals surface area contributed by atoms with Gasteiger partial charge in [-0.3, -0.25) is 0 Å². The zero-order valence-electron chi connectivity index (χ0n) is 10.7. The van der Waals surface area contributed by atoms with E-state index >= 15 is 0 Å². The molecule has 0 radical (unpaired) electrons. The van der Waals surface area contributed by atoms with Crippen LogP contribution < -0.4 is 0 Å². The predicted molar refractivity (Wildman–Crippen MR) is 71.6 cm³/mol. The maximum Gasteiger partial charge on any atom is 0.00600 e. The van der Waals surface area contributed by atoms with Crippen molar-refractivity contribution in [2.24, 2.45) is 0 Å². The molecule has 1 aliphatic rings. The highest BCUT2D eigenvalue weighted by atomic mass is 14.3. The normalized spacial score (nSPS) is 19.1. The van der Waals surface area contributed by atoms with E-state index in [1.165, 1.54) is 31.2 Å². The van der Waals surface area contributed by atoms with Gasteiger partial charge in [0.05, 0.1) is 0 Å². The molecule has 0 aliphatic heterocycles. The van der Waals surface area contributed by atoms with Crippen molar-refractivity contribution in [3.05, 3.63) is 41.0 Å². The lowest BCUT2D eigenvalue weighted by Crippen LogP contribution is -1.98. The van der Waals surface area contributed by atoms with E-state index in [0.29, 0.717) is 5.92 Å². The number of fused-ring (bicyclic) bond motifs is 1. The van der Waals surface area contributed by atoms with E-state index in [4.69, 9.17) is 0 Å². The fourth-order valence-electron chi connectivity index (χ4n) is 3.01. The fourth-order valence-corrected chi connectivity index (χ4v) is 3.01. The van der Waals surface area contributed by atoms with Crippen molar-refractivity contribution < 1.29 is 0 Å². The first kappa shape index (κ1) is 11.4. The van der Waals surface area contributed by atoms with Gasteiger partial charge in [0, 0.05) is 5.92 Å². The second-order valence-electron chi connectivity index (χ2n) is 4.83. The van der Waals surface area contributed by atoms with Crippen LogP contribution >= 0.6 is 0 Å². The Morgan fingerprint density at radius 3 is 2.50 bits per heavy atom. The van der Waals surface area contributed by atoms with E-state index in [-0.39, 0.29) is 0 Å². The Hall–Kier alpha value is -1.04. The van der Waals surface area contributed by atoms with Crippen LogP contribution in [-0.2, 0) is 0 Å². The highest BCUT2D eigenvalue weighted by Crippen LogP contribution is 2.45. The van der Waals surface area contributed by atoms with Crippen molar-refractivity contribution in [2.75, 3.05) is 0 Å². The van der Waals surface area contributed by atoms with Crippen molar-refractivity contribution in [3.8, 4) is 0 Å². The summed E-state index contributed by atoms with van der Waals surface area (Å²) >= 11 is 0. The highest BCUT2D eigenvalue weighted by molar-refractivity contribution is 5.76. The third-order valence-corrected chi connectivity index (χ3v) is 3.74. The van der Waals surface area contributed by atoms with Crippen LogP contribution in [0.4, 0.5) is 0 Å². The Kier molecular flexibility index (Phi) is 3.48. The summed E-state index contributed by atoms with van der Waals surface area (Å²) in [5, 5.41) is 0. The molecule has 16 heavy (non-hydrogen) atoms. The second kappa shape index (κ2) is 4.86. The van der Waals surface area contributed by atoms with Crippen LogP contribution in [0.1, 0.15) is 63.5 Å². The molecule has 86 valence electrons. The maximum atomic E-state index is 2.32. The maximum absolute atomic E-state index is 2.32. The van der Waals surface area contributed by atoms with Crippen molar-refractivity contribution in [1.82, 2.24) is 0 Å². The molecule has 0 nitrogen and oxygen atoms in total. The van der Waals surface area contributed by atoms with Crippen LogP contribution in [0.2, 0.25) is 0 Å². The minimum Gasteiger partial charge on any atom is -0.0653 e. The van der Waals surface area contributed by atoms with Gasteiger partial charge in [0.15, 0.2) is 0 Å². The lowest BCUT2D eigenvalue weighted by Gasteiger charge is -2.15. The molecule has 0 heterocycles. The Morgan fingerprint density at radius 2 is 1.81 bits per heavy atom. The molecule has 0 aromatic heterocycles. The average molecular weight is 214 g/mol. The minimum absolute atomic E-state index is 0.709. The zero-order chi connectivity index (χ0) is 11.5. The third-order valence-electron chi connectivity index (χ3n) is 3.74. The fraction of sp³-hybridized carbons (Fsp3) is 0.500. The first-order chi connectivity index (χ1) is 7.79. The molecule has 1 unspecified atom stereocenters. The van der Waals surface area contributed by atoms with Gasteiger partial charge in [-0.15, -0.1) is 0 Å². The standard InChI is InChI=1S/C16H22/c1-4-8-13-12(3)14-10-6-7-11-16(14)15(13)9-5-2/h6-7,10-11,15H,4-5,8-9H2,1-3H3. The number of hydrogen-bond acceptors (Lipinski definition) is 0. The summed E-state index contributed by atoms with van der Waals surface area (Å²) in [6.07, 6.45) is 5.12. The van der Waals surface area contributed by atoms with Crippen LogP contribution in [0, 0.1) is 0 Å². The SMILES string of the molecule is CCCC1=C(C)c2ccccc2C1CCC. The minimum atomic E-state index is 0.709. The lowest BCUT2D eigenvalue weighted by molar-refractivity contribution is 0.665. The van der Waals surface area contributed by atoms with Gasteiger partial charge in [-0.25, -0.2) is 0 Å². The summed E-state index contributed by atoms with van der Waals surface area (Å²) in [6.45, 7) is 6.88. The van der Waals surface area contributed by atoms with E-state index in [0.717, 1.165) is 0 Å². The molecule has 0 amide bonds. The summed E-state index contributed by atoms with van der Waals surface area (Å²) < 4.78 is 0. The zero-order valence-corrected chi connectivity index (χ0v) is 10.7. The smallest absolute Gasteiger partial charge is 0.00600 e. The van der Waals surface area contributed by atoms with Crippen LogP contribution in [0.5, 0.6) is 0 Å². The van der Waals surface area contributed by atoms with Gasteiger partial charge in [-0.1, -0.05) is 56.5 Å². The summed E-state index contributed by atoms with van der Waals surface area (Å²) in [7, 11) is 0. The highest BCUT2D eigenvalue weighted by Gasteiger charge is 2.26. The molecule has 2 rings (SSSR count). The first-order valence-electron chi connectivity index (χ1n) is 6.58. The van der Waals surface area contributed by atoms with Crippen molar-refractivity contribution in [3.63, 3.8) is 0 Å². The molecule has 0 bridgehead atoms. The Balaban J connectivity index is 2.41. The van der Waals surface area contributed by atoms with E-state index in [2.05, 4.69) is 45.0 Å². The van der Waals surface area contributed by atoms with Crippen LogP contribution in [0.25, 0.3) is 5.57 Å². The molecule has 0 saturated heterocycles. The molecular formula is C16H22. The monoisotopic (exact) mass is 214 g/mol. The van der Waals surface area contributed by atoms with Crippen LogP contribution in [0.3, 0.4) is 0 Å². The van der Waals surface area contributed by atoms with Gasteiger partial charge in [-0.2, -0.15) is 0 Å². The largest absolute Gasteiger partial charge is 0.0653 e. The number of allylic oxidation sites excluding steroid dienone is 2. The molecule has 0 N–H and O–H groups in total. The molecule has 0 spiro atoms. The van der Waals surface area contributed by atoms with E-state index in [9.17, 15) is 0 Å². The number of rotatable bonds is 4. The first-order valence-corrected chi connectivity index (χ1v) is 6.58. The van der Waals surface area contributed by atoms with Crippen LogP contribution in [0.15, 0.2) is 29.8 Å². The Bertz CT molecular complexity index is 398. The quantitative estimate of drug-likeness (QED) is 0.649. The number of hydrogen-bond donors (Lipinski definition) is 0. The van der Waals surface area contributed by atoms with Gasteiger partial charge >= 0.3 is 0 Å². The lowest BCUT2D eigenvalue weighted by atomic mass is 9.89. The van der Waals surface area contributed by atoms with Gasteiger partial charge in [-0.05, 0) is 36.5 Å². The number of benzene rings is 1. The van der Waals surface area contributed by atoms with Gasteiger partial charge in [0.1, 0.15) is 0 Å². The molecule has 1 aliphatic carbocycles. The molecule has 1 aromatic rings. The predicted octanol–water partition coefficient (Wildman–Crippen LogP) is 5.16. The average Bonchev–Trinajstić information content (AvgIpc) is 2.57. The summed E-state index contributed by atoms with van der Waals surface area (Å²) in [4.78, 5) is 0. The van der Waals surface area contributed by atoms with E-state index in [1.54, 1.807) is 16.7 Å². The summed E-state index contributed by atoms with van der Waals surface area (Å²) in [6, 6.07) is 8.96. The van der Waals surface area contributed by atoms with E-state index < -0.39 is 0 Å². The Labute approximate surface area is 99.4 Å².